The monoisotopic (exact) mass is 310 g/mol. The fraction of sp³-hybridized carbons (Fsp3) is 0.105. The van der Waals surface area contributed by atoms with Crippen molar-refractivity contribution >= 4 is 11.6 Å². The van der Waals surface area contributed by atoms with Crippen LogP contribution in [0.15, 0.2) is 79.1 Å². The van der Waals surface area contributed by atoms with Crippen LogP contribution in [0, 0.1) is 0 Å². The van der Waals surface area contributed by atoms with Crippen molar-refractivity contribution in [1.29, 1.82) is 0 Å². The molecule has 3 rings (SSSR count). The lowest BCUT2D eigenvalue weighted by Gasteiger charge is -2.14. The zero-order chi connectivity index (χ0) is 15.4. The third-order valence-corrected chi connectivity index (χ3v) is 3.91. The molecule has 0 bridgehead atoms. The number of aromatic nitrogens is 1. The van der Waals surface area contributed by atoms with Gasteiger partial charge in [-0.2, -0.15) is 4.57 Å². The van der Waals surface area contributed by atoms with Gasteiger partial charge in [0.05, 0.1) is 12.1 Å². The van der Waals surface area contributed by atoms with E-state index in [0.717, 1.165) is 10.8 Å². The first-order valence-electron chi connectivity index (χ1n) is 7.13. The molecule has 0 radical (unpaired) electrons. The van der Waals surface area contributed by atoms with E-state index in [2.05, 4.69) is 41.0 Å². The van der Waals surface area contributed by atoms with Gasteiger partial charge in [0.2, 0.25) is 6.04 Å². The lowest BCUT2D eigenvalue weighted by atomic mass is 9.98. The maximum atomic E-state index is 6.02. The summed E-state index contributed by atoms with van der Waals surface area (Å²) in [5.41, 5.74) is 2.42. The molecule has 2 aromatic carbocycles. The van der Waals surface area contributed by atoms with Gasteiger partial charge in [-0.15, -0.1) is 0 Å². The molecule has 3 heteroatoms. The molecule has 0 spiro atoms. The molecule has 22 heavy (non-hydrogen) atoms. The van der Waals surface area contributed by atoms with Gasteiger partial charge in [0, 0.05) is 23.3 Å². The molecule has 0 fully saturated rings. The second-order valence-electron chi connectivity index (χ2n) is 5.05. The van der Waals surface area contributed by atoms with Gasteiger partial charge in [-0.3, -0.25) is 0 Å². The number of pyridine rings is 1. The van der Waals surface area contributed by atoms with E-state index in [1.54, 1.807) is 7.11 Å². The van der Waals surface area contributed by atoms with E-state index in [1.807, 2.05) is 42.7 Å². The summed E-state index contributed by atoms with van der Waals surface area (Å²) in [6.07, 6.45) is 4.01. The Balaban J connectivity index is 2.07. The Kier molecular flexibility index (Phi) is 4.40. The van der Waals surface area contributed by atoms with E-state index in [1.165, 1.54) is 11.1 Å². The Morgan fingerprint density at radius 3 is 2.00 bits per heavy atom. The third kappa shape index (κ3) is 3.12. The first-order chi connectivity index (χ1) is 10.8. The summed E-state index contributed by atoms with van der Waals surface area (Å²) < 4.78 is 7.41. The van der Waals surface area contributed by atoms with Crippen molar-refractivity contribution in [1.82, 2.24) is 0 Å². The van der Waals surface area contributed by atoms with Gasteiger partial charge in [-0.05, 0) is 24.3 Å². The Labute approximate surface area is 135 Å². The molecular formula is C19H17ClNO+. The van der Waals surface area contributed by atoms with Crippen molar-refractivity contribution in [2.24, 2.45) is 0 Å². The number of methoxy groups -OCH3 is 1. The minimum Gasteiger partial charge on any atom is -0.497 e. The summed E-state index contributed by atoms with van der Waals surface area (Å²) in [7, 11) is 1.68. The predicted molar refractivity (Wildman–Crippen MR) is 88.3 cm³/mol. The largest absolute Gasteiger partial charge is 0.497 e. The first-order valence-corrected chi connectivity index (χ1v) is 7.51. The highest BCUT2D eigenvalue weighted by Crippen LogP contribution is 2.24. The molecule has 0 aliphatic rings. The molecule has 1 unspecified atom stereocenters. The number of hydrogen-bond donors (Lipinski definition) is 0. The number of rotatable bonds is 4. The van der Waals surface area contributed by atoms with Gasteiger partial charge in [0.1, 0.15) is 5.75 Å². The Hall–Kier alpha value is -2.32. The van der Waals surface area contributed by atoms with E-state index >= 15 is 0 Å². The van der Waals surface area contributed by atoms with E-state index < -0.39 is 0 Å². The van der Waals surface area contributed by atoms with Crippen molar-refractivity contribution in [2.75, 3.05) is 7.11 Å². The van der Waals surface area contributed by atoms with Gasteiger partial charge in [0.25, 0.3) is 0 Å². The number of halogens is 1. The van der Waals surface area contributed by atoms with Gasteiger partial charge in [0.15, 0.2) is 12.4 Å². The highest BCUT2D eigenvalue weighted by Gasteiger charge is 2.23. The minimum atomic E-state index is 0.101. The summed E-state index contributed by atoms with van der Waals surface area (Å²) in [6.45, 7) is 0. The maximum Gasteiger partial charge on any atom is 0.208 e. The first kappa shape index (κ1) is 14.6. The number of ether oxygens (including phenoxy) is 1. The Morgan fingerprint density at radius 2 is 1.41 bits per heavy atom. The summed E-state index contributed by atoms with van der Waals surface area (Å²) in [6, 6.07) is 22.5. The molecule has 1 heterocycles. The lowest BCUT2D eigenvalue weighted by molar-refractivity contribution is -0.704. The molecule has 0 saturated heterocycles. The normalized spacial score (nSPS) is 11.9. The zero-order valence-electron chi connectivity index (χ0n) is 12.3. The van der Waals surface area contributed by atoms with Crippen LogP contribution in [0.25, 0.3) is 0 Å². The smallest absolute Gasteiger partial charge is 0.208 e. The fourth-order valence-corrected chi connectivity index (χ4v) is 2.66. The molecule has 0 amide bonds. The molecule has 1 aromatic heterocycles. The molecular weight excluding hydrogens is 294 g/mol. The van der Waals surface area contributed by atoms with Crippen LogP contribution < -0.4 is 9.30 Å². The standard InChI is InChI=1S/C19H17ClNO/c1-22-18-9-7-16(8-10-18)19(15-5-3-2-4-6-15)21-13-11-17(20)12-14-21/h2-14,19H,1H3/q+1. The van der Waals surface area contributed by atoms with E-state index in [9.17, 15) is 0 Å². The molecule has 2 nitrogen and oxygen atoms in total. The van der Waals surface area contributed by atoms with Crippen molar-refractivity contribution in [3.8, 4) is 5.75 Å². The van der Waals surface area contributed by atoms with Gasteiger partial charge >= 0.3 is 0 Å². The molecule has 0 aliphatic heterocycles. The number of nitrogens with zero attached hydrogens (tertiary/aromatic N) is 1. The highest BCUT2D eigenvalue weighted by atomic mass is 35.5. The van der Waals surface area contributed by atoms with Crippen molar-refractivity contribution in [2.45, 2.75) is 6.04 Å². The van der Waals surface area contributed by atoms with Crippen LogP contribution >= 0.6 is 11.6 Å². The second-order valence-corrected chi connectivity index (χ2v) is 5.49. The lowest BCUT2D eigenvalue weighted by Crippen LogP contribution is -2.39. The highest BCUT2D eigenvalue weighted by molar-refractivity contribution is 6.30. The van der Waals surface area contributed by atoms with Crippen LogP contribution in [0.1, 0.15) is 17.2 Å². The SMILES string of the molecule is COc1ccc(C(c2ccccc2)[n+]2ccc(Cl)cc2)cc1. The van der Waals surface area contributed by atoms with Crippen LogP contribution in [0.5, 0.6) is 5.75 Å². The molecule has 3 aromatic rings. The summed E-state index contributed by atoms with van der Waals surface area (Å²) in [5, 5.41) is 0.734. The average molecular weight is 311 g/mol. The average Bonchev–Trinajstić information content (AvgIpc) is 2.58. The second kappa shape index (κ2) is 6.63. The van der Waals surface area contributed by atoms with E-state index in [-0.39, 0.29) is 6.04 Å². The van der Waals surface area contributed by atoms with Crippen LogP contribution in [-0.2, 0) is 0 Å². The van der Waals surface area contributed by atoms with Gasteiger partial charge in [-0.25, -0.2) is 0 Å². The topological polar surface area (TPSA) is 13.1 Å². The Morgan fingerprint density at radius 1 is 0.818 bits per heavy atom. The van der Waals surface area contributed by atoms with Crippen LogP contribution in [0.4, 0.5) is 0 Å². The molecule has 0 aliphatic carbocycles. The minimum absolute atomic E-state index is 0.101. The van der Waals surface area contributed by atoms with E-state index in [4.69, 9.17) is 16.3 Å². The summed E-state index contributed by atoms with van der Waals surface area (Å²) in [5.74, 6) is 0.858. The van der Waals surface area contributed by atoms with Crippen LogP contribution in [-0.4, -0.2) is 7.11 Å². The van der Waals surface area contributed by atoms with Gasteiger partial charge < -0.3 is 4.74 Å². The summed E-state index contributed by atoms with van der Waals surface area (Å²) in [4.78, 5) is 0. The molecule has 110 valence electrons. The van der Waals surface area contributed by atoms with Gasteiger partial charge in [-0.1, -0.05) is 41.9 Å². The quantitative estimate of drug-likeness (QED) is 0.656. The summed E-state index contributed by atoms with van der Waals surface area (Å²) >= 11 is 6.02. The predicted octanol–water partition coefficient (Wildman–Crippen LogP) is 4.27. The van der Waals surface area contributed by atoms with Crippen molar-refractivity contribution < 1.29 is 9.30 Å². The van der Waals surface area contributed by atoms with Crippen LogP contribution in [0.3, 0.4) is 0 Å². The van der Waals surface area contributed by atoms with E-state index in [0.29, 0.717) is 0 Å². The molecule has 1 atom stereocenters. The van der Waals surface area contributed by atoms with Crippen molar-refractivity contribution in [3.63, 3.8) is 0 Å². The third-order valence-electron chi connectivity index (χ3n) is 3.66. The number of hydrogen-bond acceptors (Lipinski definition) is 1. The maximum absolute atomic E-state index is 6.02. The molecule has 0 N–H and O–H groups in total. The number of benzene rings is 2. The fourth-order valence-electron chi connectivity index (χ4n) is 2.55. The van der Waals surface area contributed by atoms with Crippen LogP contribution in [0.2, 0.25) is 5.02 Å². The Bertz CT molecular complexity index is 724. The molecule has 0 saturated carbocycles. The zero-order valence-corrected chi connectivity index (χ0v) is 13.1. The van der Waals surface area contributed by atoms with Crippen molar-refractivity contribution in [3.05, 3.63) is 95.3 Å².